The summed E-state index contributed by atoms with van der Waals surface area (Å²) in [4.78, 5) is 10.6. The van der Waals surface area contributed by atoms with Crippen molar-refractivity contribution in [2.75, 3.05) is 0 Å². The van der Waals surface area contributed by atoms with Crippen molar-refractivity contribution < 1.29 is 4.79 Å². The number of aldehydes is 1. The molecule has 0 N–H and O–H groups in total. The molecule has 0 aliphatic rings. The number of benzene rings is 2. The Morgan fingerprint density at radius 1 is 1.00 bits per heavy atom. The number of nitrogens with zero attached hydrogens (tertiary/aromatic N) is 2. The van der Waals surface area contributed by atoms with E-state index in [1.807, 2.05) is 30.3 Å². The molecule has 0 aliphatic heterocycles. The summed E-state index contributed by atoms with van der Waals surface area (Å²) in [6.45, 7) is 0. The number of carbonyl (C=O) groups is 1. The zero-order valence-corrected chi connectivity index (χ0v) is 9.08. The van der Waals surface area contributed by atoms with E-state index in [1.165, 1.54) is 0 Å². The maximum atomic E-state index is 10.6. The highest BCUT2D eigenvalue weighted by Gasteiger charge is 2.04. The van der Waals surface area contributed by atoms with Gasteiger partial charge in [-0.25, -0.2) is 4.68 Å². The van der Waals surface area contributed by atoms with E-state index in [0.29, 0.717) is 5.69 Å². The molecule has 3 aromatic rings. The van der Waals surface area contributed by atoms with Crippen LogP contribution in [0.4, 0.5) is 0 Å². The van der Waals surface area contributed by atoms with E-state index in [2.05, 4.69) is 17.2 Å². The highest BCUT2D eigenvalue weighted by atomic mass is 16.1. The van der Waals surface area contributed by atoms with Gasteiger partial charge < -0.3 is 0 Å². The minimum Gasteiger partial charge on any atom is -0.296 e. The summed E-state index contributed by atoms with van der Waals surface area (Å²) in [7, 11) is 0. The largest absolute Gasteiger partial charge is 0.296 e. The number of carbonyl (C=O) groups excluding carboxylic acids is 1. The second-order valence-corrected chi connectivity index (χ2v) is 3.80. The van der Waals surface area contributed by atoms with Crippen molar-refractivity contribution in [1.29, 1.82) is 0 Å². The van der Waals surface area contributed by atoms with Crippen molar-refractivity contribution in [1.82, 2.24) is 9.78 Å². The lowest BCUT2D eigenvalue weighted by molar-refractivity contribution is 0.111. The van der Waals surface area contributed by atoms with Crippen LogP contribution in [0.15, 0.2) is 54.7 Å². The van der Waals surface area contributed by atoms with E-state index in [-0.39, 0.29) is 0 Å². The third kappa shape index (κ3) is 1.61. The quantitative estimate of drug-likeness (QED) is 0.625. The fraction of sp³-hybridized carbons (Fsp3) is 0. The number of aromatic nitrogens is 2. The number of fused-ring (bicyclic) bond motifs is 1. The van der Waals surface area contributed by atoms with E-state index in [4.69, 9.17) is 0 Å². The summed E-state index contributed by atoms with van der Waals surface area (Å²) >= 11 is 0. The van der Waals surface area contributed by atoms with Crippen molar-refractivity contribution >= 4 is 17.1 Å². The second kappa shape index (κ2) is 3.87. The third-order valence-electron chi connectivity index (χ3n) is 2.74. The van der Waals surface area contributed by atoms with Gasteiger partial charge in [0.25, 0.3) is 0 Å². The molecule has 3 rings (SSSR count). The van der Waals surface area contributed by atoms with Crippen molar-refractivity contribution in [2.45, 2.75) is 0 Å². The Bertz CT molecular complexity index is 680. The molecule has 0 amide bonds. The van der Waals surface area contributed by atoms with Crippen LogP contribution in [-0.2, 0) is 0 Å². The number of hydrogen-bond donors (Lipinski definition) is 0. The first-order valence-corrected chi connectivity index (χ1v) is 5.37. The highest BCUT2D eigenvalue weighted by Crippen LogP contribution is 2.21. The third-order valence-corrected chi connectivity index (χ3v) is 2.74. The van der Waals surface area contributed by atoms with Gasteiger partial charge in [0.2, 0.25) is 0 Å². The molecule has 0 bridgehead atoms. The molecule has 0 radical (unpaired) electrons. The van der Waals surface area contributed by atoms with Crippen LogP contribution in [-0.4, -0.2) is 16.1 Å². The van der Waals surface area contributed by atoms with Crippen LogP contribution in [0.5, 0.6) is 0 Å². The lowest BCUT2D eigenvalue weighted by Crippen LogP contribution is -1.96. The zero-order chi connectivity index (χ0) is 11.7. The molecule has 0 saturated heterocycles. The summed E-state index contributed by atoms with van der Waals surface area (Å²) in [6.07, 6.45) is 2.55. The molecule has 2 aromatic carbocycles. The molecule has 1 aromatic heterocycles. The van der Waals surface area contributed by atoms with Gasteiger partial charge in [-0.1, -0.05) is 36.4 Å². The minimum atomic E-state index is 0.443. The smallest absolute Gasteiger partial charge is 0.170 e. The first-order valence-electron chi connectivity index (χ1n) is 5.37. The Balaban J connectivity index is 2.26. The number of rotatable bonds is 2. The van der Waals surface area contributed by atoms with Crippen LogP contribution in [0.3, 0.4) is 0 Å². The van der Waals surface area contributed by atoms with E-state index in [1.54, 1.807) is 16.9 Å². The van der Waals surface area contributed by atoms with Gasteiger partial charge in [0.05, 0.1) is 5.69 Å². The average Bonchev–Trinajstić information content (AvgIpc) is 2.87. The molecular formula is C14H10N2O. The first-order chi connectivity index (χ1) is 8.38. The van der Waals surface area contributed by atoms with Gasteiger partial charge in [0.15, 0.2) is 6.29 Å². The van der Waals surface area contributed by atoms with E-state index in [0.717, 1.165) is 22.7 Å². The molecule has 17 heavy (non-hydrogen) atoms. The van der Waals surface area contributed by atoms with Gasteiger partial charge in [-0.05, 0) is 17.5 Å². The zero-order valence-electron chi connectivity index (χ0n) is 9.08. The molecule has 0 aliphatic carbocycles. The van der Waals surface area contributed by atoms with Crippen molar-refractivity contribution in [3.63, 3.8) is 0 Å². The van der Waals surface area contributed by atoms with E-state index < -0.39 is 0 Å². The Labute approximate surface area is 98.3 Å². The Kier molecular flexibility index (Phi) is 2.22. The summed E-state index contributed by atoms with van der Waals surface area (Å²) in [6, 6.07) is 15.8. The van der Waals surface area contributed by atoms with E-state index >= 15 is 0 Å². The van der Waals surface area contributed by atoms with Crippen molar-refractivity contribution in [2.24, 2.45) is 0 Å². The van der Waals surface area contributed by atoms with Crippen LogP contribution in [0.1, 0.15) is 10.5 Å². The number of hydrogen-bond acceptors (Lipinski definition) is 2. The topological polar surface area (TPSA) is 34.9 Å². The molecule has 82 valence electrons. The van der Waals surface area contributed by atoms with Crippen LogP contribution < -0.4 is 0 Å². The molecule has 0 saturated carbocycles. The predicted octanol–water partition coefficient (Wildman–Crippen LogP) is 2.84. The van der Waals surface area contributed by atoms with Gasteiger partial charge in [0, 0.05) is 11.6 Å². The molecular weight excluding hydrogens is 212 g/mol. The molecule has 0 fully saturated rings. The summed E-state index contributed by atoms with van der Waals surface area (Å²) in [5, 5.41) is 6.48. The minimum absolute atomic E-state index is 0.443. The van der Waals surface area contributed by atoms with Gasteiger partial charge in [-0.3, -0.25) is 4.79 Å². The molecule has 0 atom stereocenters. The Morgan fingerprint density at radius 2 is 1.82 bits per heavy atom. The molecule has 0 unspecified atom stereocenters. The second-order valence-electron chi connectivity index (χ2n) is 3.80. The van der Waals surface area contributed by atoms with Crippen LogP contribution in [0, 0.1) is 0 Å². The summed E-state index contributed by atoms with van der Waals surface area (Å²) in [5.74, 6) is 0. The average molecular weight is 222 g/mol. The maximum Gasteiger partial charge on any atom is 0.170 e. The summed E-state index contributed by atoms with van der Waals surface area (Å²) in [5.41, 5.74) is 1.43. The molecule has 1 heterocycles. The lowest BCUT2D eigenvalue weighted by Gasteiger charge is -2.05. The Morgan fingerprint density at radius 3 is 2.65 bits per heavy atom. The van der Waals surface area contributed by atoms with Gasteiger partial charge in [-0.15, -0.1) is 0 Å². The van der Waals surface area contributed by atoms with Crippen LogP contribution >= 0.6 is 0 Å². The predicted molar refractivity (Wildman–Crippen MR) is 66.5 cm³/mol. The fourth-order valence-corrected chi connectivity index (χ4v) is 1.94. The monoisotopic (exact) mass is 222 g/mol. The van der Waals surface area contributed by atoms with Crippen LogP contribution in [0.2, 0.25) is 0 Å². The van der Waals surface area contributed by atoms with Crippen LogP contribution in [0.25, 0.3) is 16.5 Å². The van der Waals surface area contributed by atoms with Gasteiger partial charge in [0.1, 0.15) is 5.69 Å². The standard InChI is InChI=1S/C14H10N2O/c17-10-12-8-9-16(15-12)14-7-3-5-11-4-1-2-6-13(11)14/h1-10H. The first kappa shape index (κ1) is 9.78. The van der Waals surface area contributed by atoms with Crippen molar-refractivity contribution in [3.05, 3.63) is 60.4 Å². The lowest BCUT2D eigenvalue weighted by atomic mass is 10.1. The SMILES string of the molecule is O=Cc1ccn(-c2cccc3ccccc23)n1. The normalized spacial score (nSPS) is 10.6. The fourth-order valence-electron chi connectivity index (χ4n) is 1.94. The van der Waals surface area contributed by atoms with Crippen molar-refractivity contribution in [3.8, 4) is 5.69 Å². The van der Waals surface area contributed by atoms with Gasteiger partial charge >= 0.3 is 0 Å². The Hall–Kier alpha value is -2.42. The van der Waals surface area contributed by atoms with Gasteiger partial charge in [-0.2, -0.15) is 5.10 Å². The summed E-state index contributed by atoms with van der Waals surface area (Å²) < 4.78 is 1.73. The molecule has 3 heteroatoms. The van der Waals surface area contributed by atoms with E-state index in [9.17, 15) is 4.79 Å². The molecule has 3 nitrogen and oxygen atoms in total. The highest BCUT2D eigenvalue weighted by molar-refractivity contribution is 5.90. The maximum absolute atomic E-state index is 10.6. The molecule has 0 spiro atoms.